The number of nitrogens with one attached hydrogen (secondary N) is 1. The van der Waals surface area contributed by atoms with Crippen molar-refractivity contribution < 1.29 is 4.74 Å². The van der Waals surface area contributed by atoms with Crippen molar-refractivity contribution in [2.75, 3.05) is 5.32 Å². The van der Waals surface area contributed by atoms with Crippen LogP contribution in [-0.2, 0) is 4.74 Å². The van der Waals surface area contributed by atoms with Gasteiger partial charge in [0.05, 0.1) is 17.2 Å². The number of rotatable bonds is 2. The van der Waals surface area contributed by atoms with Crippen molar-refractivity contribution in [3.8, 4) is 0 Å². The fourth-order valence-electron chi connectivity index (χ4n) is 2.29. The van der Waals surface area contributed by atoms with E-state index in [-0.39, 0.29) is 17.2 Å². The van der Waals surface area contributed by atoms with Crippen molar-refractivity contribution in [2.24, 2.45) is 0 Å². The van der Waals surface area contributed by atoms with E-state index in [1.807, 2.05) is 6.92 Å². The van der Waals surface area contributed by atoms with E-state index in [0.29, 0.717) is 0 Å². The van der Waals surface area contributed by atoms with Crippen molar-refractivity contribution in [2.45, 2.75) is 58.3 Å². The van der Waals surface area contributed by atoms with Gasteiger partial charge in [0.25, 0.3) is 0 Å². The van der Waals surface area contributed by atoms with Gasteiger partial charge in [0.2, 0.25) is 5.13 Å². The second kappa shape index (κ2) is 3.67. The Morgan fingerprint density at radius 1 is 1.31 bits per heavy atom. The molecule has 1 aliphatic rings. The molecule has 0 bridgehead atoms. The van der Waals surface area contributed by atoms with Crippen LogP contribution in [0.3, 0.4) is 0 Å². The minimum absolute atomic E-state index is 0.0686. The summed E-state index contributed by atoms with van der Waals surface area (Å²) in [4.78, 5) is 0. The van der Waals surface area contributed by atoms with E-state index in [1.165, 1.54) is 0 Å². The zero-order valence-corrected chi connectivity index (χ0v) is 11.3. The fraction of sp³-hybridized carbons (Fsp3) is 0.818. The molecule has 1 fully saturated rings. The first kappa shape index (κ1) is 11.8. The summed E-state index contributed by atoms with van der Waals surface area (Å²) in [5.41, 5.74) is -0.232. The van der Waals surface area contributed by atoms with E-state index in [1.54, 1.807) is 11.3 Å². The van der Waals surface area contributed by atoms with Gasteiger partial charge >= 0.3 is 0 Å². The molecule has 4 nitrogen and oxygen atoms in total. The lowest BCUT2D eigenvalue weighted by Gasteiger charge is -2.27. The minimum atomic E-state index is -0.164. The molecule has 2 rings (SSSR count). The molecule has 16 heavy (non-hydrogen) atoms. The Hall–Kier alpha value is -0.680. The van der Waals surface area contributed by atoms with Crippen molar-refractivity contribution in [3.05, 3.63) is 5.01 Å². The third-order valence-corrected chi connectivity index (χ3v) is 3.67. The Kier molecular flexibility index (Phi) is 2.70. The van der Waals surface area contributed by atoms with Crippen LogP contribution in [0.25, 0.3) is 0 Å². The maximum atomic E-state index is 6.02. The van der Waals surface area contributed by atoms with Gasteiger partial charge in [-0.05, 0) is 41.0 Å². The van der Waals surface area contributed by atoms with E-state index in [2.05, 4.69) is 43.2 Å². The first-order valence-electron chi connectivity index (χ1n) is 5.55. The molecule has 0 amide bonds. The van der Waals surface area contributed by atoms with Crippen molar-refractivity contribution in [1.82, 2.24) is 10.2 Å². The Balaban J connectivity index is 2.10. The molecule has 0 radical (unpaired) electrons. The van der Waals surface area contributed by atoms with E-state index >= 15 is 0 Å². The number of aromatic nitrogens is 2. The Morgan fingerprint density at radius 3 is 2.44 bits per heavy atom. The SMILES string of the molecule is Cc1nnc(NC2CC(C)(C)OC2(C)C)s1. The van der Waals surface area contributed by atoms with Gasteiger partial charge < -0.3 is 10.1 Å². The number of anilines is 1. The highest BCUT2D eigenvalue weighted by Crippen LogP contribution is 2.39. The van der Waals surface area contributed by atoms with Crippen molar-refractivity contribution in [3.63, 3.8) is 0 Å². The normalized spacial score (nSPS) is 26.9. The number of aryl methyl sites for hydroxylation is 1. The van der Waals surface area contributed by atoms with E-state index < -0.39 is 0 Å². The third kappa shape index (κ3) is 2.35. The standard InChI is InChI=1S/C11H19N3OS/c1-7-13-14-9(16-7)12-8-6-10(2,3)15-11(8,4)5/h8H,6H2,1-5H3,(H,12,14). The second-order valence-corrected chi connectivity index (χ2v) is 6.67. The molecule has 0 spiro atoms. The predicted molar refractivity (Wildman–Crippen MR) is 65.9 cm³/mol. The molecule has 2 heterocycles. The highest BCUT2D eigenvalue weighted by atomic mass is 32.1. The molecule has 1 aromatic rings. The van der Waals surface area contributed by atoms with Gasteiger partial charge in [-0.3, -0.25) is 0 Å². The van der Waals surface area contributed by atoms with Crippen LogP contribution in [0.2, 0.25) is 0 Å². The Bertz CT molecular complexity index is 386. The largest absolute Gasteiger partial charge is 0.367 e. The van der Waals surface area contributed by atoms with E-state index in [4.69, 9.17) is 4.74 Å². The zero-order chi connectivity index (χ0) is 12.0. The smallest absolute Gasteiger partial charge is 0.205 e. The lowest BCUT2D eigenvalue weighted by atomic mass is 9.95. The summed E-state index contributed by atoms with van der Waals surface area (Å²) in [5.74, 6) is 0. The summed E-state index contributed by atoms with van der Waals surface area (Å²) in [6.45, 7) is 10.5. The summed E-state index contributed by atoms with van der Waals surface area (Å²) >= 11 is 1.59. The Morgan fingerprint density at radius 2 is 2.00 bits per heavy atom. The predicted octanol–water partition coefficient (Wildman–Crippen LogP) is 2.60. The van der Waals surface area contributed by atoms with Crippen LogP contribution in [0.15, 0.2) is 0 Å². The summed E-state index contributed by atoms with van der Waals surface area (Å²) in [5, 5.41) is 13.4. The van der Waals surface area contributed by atoms with Crippen molar-refractivity contribution >= 4 is 16.5 Å². The van der Waals surface area contributed by atoms with Crippen LogP contribution in [-0.4, -0.2) is 27.4 Å². The first-order valence-corrected chi connectivity index (χ1v) is 6.37. The first-order chi connectivity index (χ1) is 7.28. The summed E-state index contributed by atoms with van der Waals surface area (Å²) < 4.78 is 6.02. The average molecular weight is 241 g/mol. The van der Waals surface area contributed by atoms with Gasteiger partial charge in [-0.25, -0.2) is 0 Å². The molecule has 1 aromatic heterocycles. The molecule has 1 N–H and O–H groups in total. The van der Waals surface area contributed by atoms with Crippen LogP contribution in [0.4, 0.5) is 5.13 Å². The van der Waals surface area contributed by atoms with E-state index in [9.17, 15) is 0 Å². The molecule has 90 valence electrons. The maximum absolute atomic E-state index is 6.02. The number of hydrogen-bond donors (Lipinski definition) is 1. The Labute approximate surface area is 100 Å². The minimum Gasteiger partial charge on any atom is -0.367 e. The second-order valence-electron chi connectivity index (χ2n) is 5.49. The molecule has 1 atom stereocenters. The maximum Gasteiger partial charge on any atom is 0.205 e. The molecule has 0 aliphatic carbocycles. The van der Waals surface area contributed by atoms with Crippen LogP contribution in [0.5, 0.6) is 0 Å². The molecule has 1 unspecified atom stereocenters. The number of ether oxygens (including phenoxy) is 1. The van der Waals surface area contributed by atoms with E-state index in [0.717, 1.165) is 16.6 Å². The van der Waals surface area contributed by atoms with Crippen LogP contribution in [0, 0.1) is 6.92 Å². The molecule has 0 saturated carbocycles. The molecular weight excluding hydrogens is 222 g/mol. The number of nitrogens with zero attached hydrogens (tertiary/aromatic N) is 2. The van der Waals surface area contributed by atoms with Gasteiger partial charge in [0.1, 0.15) is 5.01 Å². The summed E-state index contributed by atoms with van der Waals surface area (Å²) in [6, 6.07) is 0.287. The molecule has 5 heteroatoms. The van der Waals surface area contributed by atoms with Gasteiger partial charge in [-0.2, -0.15) is 0 Å². The van der Waals surface area contributed by atoms with Crippen LogP contribution in [0.1, 0.15) is 39.1 Å². The summed E-state index contributed by atoms with van der Waals surface area (Å²) in [7, 11) is 0. The highest BCUT2D eigenvalue weighted by molar-refractivity contribution is 7.15. The monoisotopic (exact) mass is 241 g/mol. The topological polar surface area (TPSA) is 47.0 Å². The fourth-order valence-corrected chi connectivity index (χ4v) is 2.94. The summed E-state index contributed by atoms with van der Waals surface area (Å²) in [6.07, 6.45) is 0.985. The quantitative estimate of drug-likeness (QED) is 0.864. The van der Waals surface area contributed by atoms with Gasteiger partial charge in [0, 0.05) is 0 Å². The number of hydrogen-bond acceptors (Lipinski definition) is 5. The van der Waals surface area contributed by atoms with Gasteiger partial charge in [-0.15, -0.1) is 10.2 Å². The molecular formula is C11H19N3OS. The van der Waals surface area contributed by atoms with Gasteiger partial charge in [0.15, 0.2) is 0 Å². The molecule has 1 aliphatic heterocycles. The third-order valence-electron chi connectivity index (χ3n) is 2.90. The lowest BCUT2D eigenvalue weighted by Crippen LogP contribution is -2.38. The highest BCUT2D eigenvalue weighted by Gasteiger charge is 2.46. The van der Waals surface area contributed by atoms with Crippen molar-refractivity contribution in [1.29, 1.82) is 0 Å². The van der Waals surface area contributed by atoms with Crippen LogP contribution >= 0.6 is 11.3 Å². The van der Waals surface area contributed by atoms with Gasteiger partial charge in [-0.1, -0.05) is 11.3 Å². The van der Waals surface area contributed by atoms with Crippen LogP contribution < -0.4 is 5.32 Å². The molecule has 0 aromatic carbocycles. The lowest BCUT2D eigenvalue weighted by molar-refractivity contribution is -0.0662. The molecule has 1 saturated heterocycles. The average Bonchev–Trinajstić information content (AvgIpc) is 2.55. The zero-order valence-electron chi connectivity index (χ0n) is 10.5.